The van der Waals surface area contributed by atoms with E-state index in [-0.39, 0.29) is 18.3 Å². The molecule has 0 aromatic heterocycles. The van der Waals surface area contributed by atoms with Crippen LogP contribution in [0.4, 0.5) is 0 Å². The van der Waals surface area contributed by atoms with Crippen LogP contribution in [0.25, 0.3) is 0 Å². The molecule has 0 spiro atoms. The standard InChI is InChI=1S/C9H19O4P/c1-5-11-14(12-6-2)13-7-9(10)8(3)4/h8H,5-7H2,1-4H3. The number of carbonyl (C=O) groups excluding carboxylic acids is 1. The fourth-order valence-corrected chi connectivity index (χ4v) is 1.48. The summed E-state index contributed by atoms with van der Waals surface area (Å²) < 4.78 is 15.6. The molecule has 0 saturated carbocycles. The van der Waals surface area contributed by atoms with Crippen molar-refractivity contribution in [3.05, 3.63) is 0 Å². The van der Waals surface area contributed by atoms with Crippen LogP contribution >= 0.6 is 8.60 Å². The maximum Gasteiger partial charge on any atom is 0.333 e. The molecule has 0 aliphatic carbocycles. The molecule has 84 valence electrons. The summed E-state index contributed by atoms with van der Waals surface area (Å²) in [5.41, 5.74) is 0. The van der Waals surface area contributed by atoms with E-state index in [1.165, 1.54) is 0 Å². The van der Waals surface area contributed by atoms with E-state index in [0.717, 1.165) is 0 Å². The van der Waals surface area contributed by atoms with Gasteiger partial charge in [0, 0.05) is 5.92 Å². The van der Waals surface area contributed by atoms with Crippen molar-refractivity contribution >= 4 is 14.4 Å². The highest BCUT2D eigenvalue weighted by Gasteiger charge is 2.14. The van der Waals surface area contributed by atoms with Gasteiger partial charge >= 0.3 is 8.60 Å². The van der Waals surface area contributed by atoms with Gasteiger partial charge in [0.1, 0.15) is 6.61 Å². The summed E-state index contributed by atoms with van der Waals surface area (Å²) in [6, 6.07) is 0. The molecule has 4 nitrogen and oxygen atoms in total. The predicted molar refractivity (Wildman–Crippen MR) is 56.0 cm³/mol. The molecule has 0 heterocycles. The van der Waals surface area contributed by atoms with Gasteiger partial charge in [0.25, 0.3) is 0 Å². The second kappa shape index (κ2) is 8.30. The van der Waals surface area contributed by atoms with Gasteiger partial charge in [-0.3, -0.25) is 4.79 Å². The zero-order valence-electron chi connectivity index (χ0n) is 9.28. The minimum absolute atomic E-state index is 0.00453. The highest BCUT2D eigenvalue weighted by molar-refractivity contribution is 7.41. The zero-order valence-corrected chi connectivity index (χ0v) is 10.2. The maximum absolute atomic E-state index is 11.2. The van der Waals surface area contributed by atoms with Gasteiger partial charge < -0.3 is 13.6 Å². The lowest BCUT2D eigenvalue weighted by molar-refractivity contribution is -0.124. The van der Waals surface area contributed by atoms with Crippen molar-refractivity contribution in [1.29, 1.82) is 0 Å². The average molecular weight is 222 g/mol. The Hall–Kier alpha value is -0.0200. The van der Waals surface area contributed by atoms with Gasteiger partial charge in [-0.15, -0.1) is 0 Å². The second-order valence-corrected chi connectivity index (χ2v) is 4.18. The molecule has 0 radical (unpaired) electrons. The Bertz CT molecular complexity index is 155. The molecule has 0 aromatic rings. The summed E-state index contributed by atoms with van der Waals surface area (Å²) in [5, 5.41) is 0. The van der Waals surface area contributed by atoms with Crippen molar-refractivity contribution in [2.24, 2.45) is 5.92 Å². The van der Waals surface area contributed by atoms with E-state index in [1.807, 2.05) is 27.7 Å². The van der Waals surface area contributed by atoms with Crippen LogP contribution in [0, 0.1) is 5.92 Å². The SMILES string of the molecule is CCOP(OCC)OCC(=O)C(C)C. The number of carbonyl (C=O) groups is 1. The third-order valence-corrected chi connectivity index (χ3v) is 2.70. The number of hydrogen-bond donors (Lipinski definition) is 0. The molecule has 0 N–H and O–H groups in total. The second-order valence-electron chi connectivity index (χ2n) is 2.95. The van der Waals surface area contributed by atoms with E-state index in [4.69, 9.17) is 13.6 Å². The molecule has 0 aliphatic rings. The van der Waals surface area contributed by atoms with E-state index in [1.54, 1.807) is 0 Å². The predicted octanol–water partition coefficient (Wildman–Crippen LogP) is 2.53. The molecule has 0 aliphatic heterocycles. The molecular weight excluding hydrogens is 203 g/mol. The Morgan fingerprint density at radius 1 is 1.14 bits per heavy atom. The Labute approximate surface area is 86.9 Å². The number of hydrogen-bond acceptors (Lipinski definition) is 4. The number of rotatable bonds is 8. The average Bonchev–Trinajstić information content (AvgIpc) is 2.14. The van der Waals surface area contributed by atoms with Gasteiger partial charge in [-0.25, -0.2) is 0 Å². The molecule has 0 fully saturated rings. The van der Waals surface area contributed by atoms with Gasteiger partial charge in [-0.05, 0) is 13.8 Å². The molecule has 0 rings (SSSR count). The molecule has 0 bridgehead atoms. The quantitative estimate of drug-likeness (QED) is 0.592. The molecule has 0 atom stereocenters. The van der Waals surface area contributed by atoms with Gasteiger partial charge in [0.2, 0.25) is 0 Å². The van der Waals surface area contributed by atoms with Crippen molar-refractivity contribution < 1.29 is 18.4 Å². The monoisotopic (exact) mass is 222 g/mol. The van der Waals surface area contributed by atoms with Crippen LogP contribution in [-0.2, 0) is 18.4 Å². The summed E-state index contributed by atoms with van der Waals surface area (Å²) in [6.45, 7) is 8.54. The Balaban J connectivity index is 3.74. The lowest BCUT2D eigenvalue weighted by Gasteiger charge is -2.14. The summed E-state index contributed by atoms with van der Waals surface area (Å²) >= 11 is 0. The van der Waals surface area contributed by atoms with Crippen LogP contribution in [0.3, 0.4) is 0 Å². The minimum Gasteiger partial charge on any atom is -0.313 e. The highest BCUT2D eigenvalue weighted by Crippen LogP contribution is 2.39. The first kappa shape index (κ1) is 14.0. The van der Waals surface area contributed by atoms with Gasteiger partial charge in [0.15, 0.2) is 5.78 Å². The van der Waals surface area contributed by atoms with Crippen LogP contribution in [0.15, 0.2) is 0 Å². The number of ketones is 1. The van der Waals surface area contributed by atoms with Crippen LogP contribution in [0.2, 0.25) is 0 Å². The lowest BCUT2D eigenvalue weighted by atomic mass is 10.1. The Morgan fingerprint density at radius 2 is 1.64 bits per heavy atom. The number of Topliss-reactive ketones (excluding diaryl/α,β-unsaturated/α-hetero) is 1. The smallest absolute Gasteiger partial charge is 0.313 e. The van der Waals surface area contributed by atoms with Crippen molar-refractivity contribution in [2.75, 3.05) is 19.8 Å². The molecule has 0 unspecified atom stereocenters. The fourth-order valence-electron chi connectivity index (χ4n) is 0.606. The lowest BCUT2D eigenvalue weighted by Crippen LogP contribution is -2.13. The van der Waals surface area contributed by atoms with Gasteiger partial charge in [-0.1, -0.05) is 13.8 Å². The molecule has 14 heavy (non-hydrogen) atoms. The zero-order chi connectivity index (χ0) is 11.0. The first-order chi connectivity index (χ1) is 6.61. The normalized spacial score (nSPS) is 11.3. The summed E-state index contributed by atoms with van der Waals surface area (Å²) in [4.78, 5) is 11.2. The van der Waals surface area contributed by atoms with E-state index in [2.05, 4.69) is 0 Å². The summed E-state index contributed by atoms with van der Waals surface area (Å²) in [7, 11) is -1.34. The largest absolute Gasteiger partial charge is 0.333 e. The van der Waals surface area contributed by atoms with Crippen LogP contribution in [0.1, 0.15) is 27.7 Å². The minimum atomic E-state index is -1.34. The molecule has 0 amide bonds. The first-order valence-electron chi connectivity index (χ1n) is 4.83. The third kappa shape index (κ3) is 6.44. The summed E-state index contributed by atoms with van der Waals surface area (Å²) in [6.07, 6.45) is 0. The molecule has 5 heteroatoms. The van der Waals surface area contributed by atoms with Crippen molar-refractivity contribution in [3.63, 3.8) is 0 Å². The van der Waals surface area contributed by atoms with E-state index in [9.17, 15) is 4.79 Å². The van der Waals surface area contributed by atoms with Crippen LogP contribution < -0.4 is 0 Å². The highest BCUT2D eigenvalue weighted by atomic mass is 31.2. The van der Waals surface area contributed by atoms with Gasteiger partial charge in [-0.2, -0.15) is 0 Å². The molecule has 0 saturated heterocycles. The molecular formula is C9H19O4P. The van der Waals surface area contributed by atoms with E-state index in [0.29, 0.717) is 13.2 Å². The van der Waals surface area contributed by atoms with Crippen molar-refractivity contribution in [3.8, 4) is 0 Å². The topological polar surface area (TPSA) is 44.8 Å². The third-order valence-electron chi connectivity index (χ3n) is 1.43. The fraction of sp³-hybridized carbons (Fsp3) is 0.889. The maximum atomic E-state index is 11.2. The Kier molecular flexibility index (Phi) is 8.29. The van der Waals surface area contributed by atoms with E-state index >= 15 is 0 Å². The van der Waals surface area contributed by atoms with Crippen LogP contribution in [-0.4, -0.2) is 25.6 Å². The van der Waals surface area contributed by atoms with Crippen LogP contribution in [0.5, 0.6) is 0 Å². The van der Waals surface area contributed by atoms with Crippen molar-refractivity contribution in [1.82, 2.24) is 0 Å². The first-order valence-corrected chi connectivity index (χ1v) is 5.92. The van der Waals surface area contributed by atoms with Crippen molar-refractivity contribution in [2.45, 2.75) is 27.7 Å². The van der Waals surface area contributed by atoms with Gasteiger partial charge in [0.05, 0.1) is 13.2 Å². The Morgan fingerprint density at radius 3 is 2.00 bits per heavy atom. The molecule has 0 aromatic carbocycles. The van der Waals surface area contributed by atoms with E-state index < -0.39 is 8.60 Å². The summed E-state index contributed by atoms with van der Waals surface area (Å²) in [5.74, 6) is 0.0620.